The average Bonchev–Trinajstić information content (AvgIpc) is 3.14. The van der Waals surface area contributed by atoms with Crippen molar-refractivity contribution < 1.29 is 4.79 Å². The van der Waals surface area contributed by atoms with Gasteiger partial charge in [-0.15, -0.1) is 23.1 Å². The number of hydrogen-bond donors (Lipinski definition) is 1. The molecule has 0 bridgehead atoms. The van der Waals surface area contributed by atoms with Gasteiger partial charge in [0.1, 0.15) is 0 Å². The van der Waals surface area contributed by atoms with E-state index < -0.39 is 0 Å². The second-order valence-corrected chi connectivity index (χ2v) is 8.12. The Morgan fingerprint density at radius 1 is 1.12 bits per heavy atom. The van der Waals surface area contributed by atoms with E-state index in [0.29, 0.717) is 12.3 Å². The molecule has 0 saturated heterocycles. The number of thiophene rings is 1. The molecule has 0 aliphatic rings. The molecule has 1 aromatic heterocycles. The number of likely N-dealkylation sites (N-methyl/N-ethyl adjacent to an activating group) is 1. The van der Waals surface area contributed by atoms with Gasteiger partial charge in [-0.3, -0.25) is 4.79 Å². The lowest BCUT2D eigenvalue weighted by Crippen LogP contribution is -2.35. The number of benzene rings is 2. The number of carbonyl (C=O) groups excluding carboxylic acids is 1. The highest BCUT2D eigenvalue weighted by Crippen LogP contribution is 2.24. The molecule has 5 heteroatoms. The van der Waals surface area contributed by atoms with Gasteiger partial charge in [-0.05, 0) is 48.4 Å². The van der Waals surface area contributed by atoms with Crippen molar-refractivity contribution in [3.8, 4) is 0 Å². The number of hydrogen-bond acceptors (Lipinski definition) is 4. The SMILES string of the molecule is CN(C)C(CNC(=O)CSc1ccc2ccccc2c1)c1cccs1. The predicted molar refractivity (Wildman–Crippen MR) is 108 cm³/mol. The van der Waals surface area contributed by atoms with Crippen LogP contribution in [0.1, 0.15) is 10.9 Å². The van der Waals surface area contributed by atoms with Gasteiger partial charge in [-0.25, -0.2) is 0 Å². The van der Waals surface area contributed by atoms with Crippen LogP contribution in [0.15, 0.2) is 64.9 Å². The number of carbonyl (C=O) groups is 1. The van der Waals surface area contributed by atoms with E-state index in [1.165, 1.54) is 15.6 Å². The average molecular weight is 371 g/mol. The van der Waals surface area contributed by atoms with Crippen molar-refractivity contribution in [2.75, 3.05) is 26.4 Å². The summed E-state index contributed by atoms with van der Waals surface area (Å²) in [4.78, 5) is 16.8. The van der Waals surface area contributed by atoms with Crippen molar-refractivity contribution >= 4 is 39.8 Å². The molecule has 0 aliphatic carbocycles. The van der Waals surface area contributed by atoms with Gasteiger partial charge in [0.2, 0.25) is 5.91 Å². The van der Waals surface area contributed by atoms with E-state index in [2.05, 4.69) is 52.0 Å². The molecule has 3 rings (SSSR count). The van der Waals surface area contributed by atoms with Crippen LogP contribution >= 0.6 is 23.1 Å². The molecule has 130 valence electrons. The second-order valence-electron chi connectivity index (χ2n) is 6.10. The highest BCUT2D eigenvalue weighted by molar-refractivity contribution is 8.00. The monoisotopic (exact) mass is 370 g/mol. The summed E-state index contributed by atoms with van der Waals surface area (Å²) in [5.41, 5.74) is 0. The Labute approximate surface area is 157 Å². The first kappa shape index (κ1) is 18.0. The number of thioether (sulfide) groups is 1. The Hall–Kier alpha value is -1.82. The first-order chi connectivity index (χ1) is 12.1. The Morgan fingerprint density at radius 3 is 2.64 bits per heavy atom. The van der Waals surface area contributed by atoms with Crippen LogP contribution in [0.4, 0.5) is 0 Å². The molecular weight excluding hydrogens is 348 g/mol. The van der Waals surface area contributed by atoms with Crippen molar-refractivity contribution in [1.82, 2.24) is 10.2 Å². The van der Waals surface area contributed by atoms with Crippen LogP contribution in [0.3, 0.4) is 0 Å². The molecule has 3 nitrogen and oxygen atoms in total. The summed E-state index contributed by atoms with van der Waals surface area (Å²) in [5.74, 6) is 0.504. The van der Waals surface area contributed by atoms with E-state index in [9.17, 15) is 4.79 Å². The summed E-state index contributed by atoms with van der Waals surface area (Å²) < 4.78 is 0. The van der Waals surface area contributed by atoms with Gasteiger partial charge < -0.3 is 10.2 Å². The molecule has 3 aromatic rings. The zero-order valence-electron chi connectivity index (χ0n) is 14.4. The predicted octanol–water partition coefficient (Wildman–Crippen LogP) is 4.41. The first-order valence-corrected chi connectivity index (χ1v) is 10.1. The summed E-state index contributed by atoms with van der Waals surface area (Å²) >= 11 is 3.30. The minimum atomic E-state index is 0.0709. The number of nitrogens with zero attached hydrogens (tertiary/aromatic N) is 1. The third-order valence-electron chi connectivity index (χ3n) is 4.08. The first-order valence-electron chi connectivity index (χ1n) is 8.21. The lowest BCUT2D eigenvalue weighted by Gasteiger charge is -2.23. The van der Waals surface area contributed by atoms with Gasteiger partial charge >= 0.3 is 0 Å². The summed E-state index contributed by atoms with van der Waals surface area (Å²) in [5, 5.41) is 7.57. The van der Waals surface area contributed by atoms with Crippen molar-refractivity contribution in [3.05, 3.63) is 64.9 Å². The maximum atomic E-state index is 12.2. The van der Waals surface area contributed by atoms with Crippen molar-refractivity contribution in [2.24, 2.45) is 0 Å². The Balaban J connectivity index is 1.53. The molecule has 1 N–H and O–H groups in total. The van der Waals surface area contributed by atoms with E-state index in [-0.39, 0.29) is 11.9 Å². The summed E-state index contributed by atoms with van der Waals surface area (Å²) in [6, 6.07) is 19.0. The van der Waals surface area contributed by atoms with Gasteiger partial charge in [0, 0.05) is 16.3 Å². The molecular formula is C20H22N2OS2. The molecule has 0 radical (unpaired) electrons. The number of amides is 1. The van der Waals surface area contributed by atoms with Crippen molar-refractivity contribution in [2.45, 2.75) is 10.9 Å². The fourth-order valence-corrected chi connectivity index (χ4v) is 4.38. The van der Waals surface area contributed by atoms with Gasteiger partial charge in [-0.2, -0.15) is 0 Å². The van der Waals surface area contributed by atoms with Crippen LogP contribution in [0.5, 0.6) is 0 Å². The fraction of sp³-hybridized carbons (Fsp3) is 0.250. The van der Waals surface area contributed by atoms with Crippen LogP contribution in [-0.2, 0) is 4.79 Å². The normalized spacial score (nSPS) is 12.4. The van der Waals surface area contributed by atoms with E-state index in [4.69, 9.17) is 0 Å². The Bertz CT molecular complexity index is 831. The summed E-state index contributed by atoms with van der Waals surface area (Å²) in [7, 11) is 4.08. The fourth-order valence-electron chi connectivity index (χ4n) is 2.69. The molecule has 0 aliphatic heterocycles. The maximum Gasteiger partial charge on any atom is 0.230 e. The van der Waals surface area contributed by atoms with Gasteiger partial charge in [-0.1, -0.05) is 36.4 Å². The minimum absolute atomic E-state index is 0.0709. The topological polar surface area (TPSA) is 32.3 Å². The smallest absolute Gasteiger partial charge is 0.230 e. The Kier molecular flexibility index (Phi) is 6.13. The van der Waals surface area contributed by atoms with Crippen LogP contribution in [0, 0.1) is 0 Å². The van der Waals surface area contributed by atoms with E-state index in [0.717, 1.165) is 4.90 Å². The molecule has 1 amide bonds. The van der Waals surface area contributed by atoms with Crippen LogP contribution in [0.2, 0.25) is 0 Å². The van der Waals surface area contributed by atoms with Gasteiger partial charge in [0.25, 0.3) is 0 Å². The molecule has 2 aromatic carbocycles. The van der Waals surface area contributed by atoms with Crippen molar-refractivity contribution in [1.29, 1.82) is 0 Å². The second kappa shape index (κ2) is 8.52. The zero-order chi connectivity index (χ0) is 17.6. The molecule has 25 heavy (non-hydrogen) atoms. The Morgan fingerprint density at radius 2 is 1.92 bits per heavy atom. The third kappa shape index (κ3) is 4.84. The maximum absolute atomic E-state index is 12.2. The van der Waals surface area contributed by atoms with E-state index in [1.807, 2.05) is 32.3 Å². The number of rotatable bonds is 7. The largest absolute Gasteiger partial charge is 0.353 e. The number of fused-ring (bicyclic) bond motifs is 1. The zero-order valence-corrected chi connectivity index (χ0v) is 16.1. The summed E-state index contributed by atoms with van der Waals surface area (Å²) in [6.07, 6.45) is 0. The molecule has 1 atom stereocenters. The molecule has 0 saturated carbocycles. The van der Waals surface area contributed by atoms with Gasteiger partial charge in [0.05, 0.1) is 11.8 Å². The third-order valence-corrected chi connectivity index (χ3v) is 6.05. The molecule has 0 fully saturated rings. The van der Waals surface area contributed by atoms with Crippen LogP contribution < -0.4 is 5.32 Å². The highest BCUT2D eigenvalue weighted by Gasteiger charge is 2.16. The molecule has 1 unspecified atom stereocenters. The summed E-state index contributed by atoms with van der Waals surface area (Å²) in [6.45, 7) is 0.630. The standard InChI is InChI=1S/C20H22N2OS2/c1-22(2)18(19-8-5-11-24-19)13-21-20(23)14-25-17-10-9-15-6-3-4-7-16(15)12-17/h3-12,18H,13-14H2,1-2H3,(H,21,23). The lowest BCUT2D eigenvalue weighted by atomic mass is 10.1. The molecule has 1 heterocycles. The van der Waals surface area contributed by atoms with Gasteiger partial charge in [0.15, 0.2) is 0 Å². The minimum Gasteiger partial charge on any atom is -0.353 e. The van der Waals surface area contributed by atoms with Crippen molar-refractivity contribution in [3.63, 3.8) is 0 Å². The van der Waals surface area contributed by atoms with E-state index >= 15 is 0 Å². The quantitative estimate of drug-likeness (QED) is 0.625. The van der Waals surface area contributed by atoms with Crippen LogP contribution in [-0.4, -0.2) is 37.2 Å². The van der Waals surface area contributed by atoms with Crippen LogP contribution in [0.25, 0.3) is 10.8 Å². The highest BCUT2D eigenvalue weighted by atomic mass is 32.2. The van der Waals surface area contributed by atoms with E-state index in [1.54, 1.807) is 23.1 Å². The number of nitrogens with one attached hydrogen (secondary N) is 1. The molecule has 0 spiro atoms. The lowest BCUT2D eigenvalue weighted by molar-refractivity contribution is -0.118.